The van der Waals surface area contributed by atoms with Crippen molar-refractivity contribution in [2.45, 2.75) is 11.8 Å². The molecule has 0 atom stereocenters. The highest BCUT2D eigenvalue weighted by Gasteiger charge is 2.25. The molecule has 0 spiro atoms. The predicted octanol–water partition coefficient (Wildman–Crippen LogP) is 5.19. The number of fused-ring (bicyclic) bond motifs is 1. The quantitative estimate of drug-likeness (QED) is 0.516. The molecule has 2 aliphatic rings. The van der Waals surface area contributed by atoms with Gasteiger partial charge in [-0.3, -0.25) is 0 Å². The van der Waals surface area contributed by atoms with Gasteiger partial charge in [0.05, 0.1) is 19.9 Å². The molecule has 0 unspecified atom stereocenters. The molecule has 0 saturated carbocycles. The van der Waals surface area contributed by atoms with Crippen LogP contribution in [0.25, 0.3) is 5.57 Å². The highest BCUT2D eigenvalue weighted by Crippen LogP contribution is 2.41. The number of sulfone groups is 1. The van der Waals surface area contributed by atoms with Gasteiger partial charge in [-0.25, -0.2) is 8.42 Å². The van der Waals surface area contributed by atoms with E-state index in [1.54, 1.807) is 31.2 Å². The number of nitrogens with one attached hydrogen (secondary N) is 1. The van der Waals surface area contributed by atoms with E-state index in [0.29, 0.717) is 16.5 Å². The summed E-state index contributed by atoms with van der Waals surface area (Å²) in [7, 11) is -1.42. The Bertz CT molecular complexity index is 1220. The molecule has 0 fully saturated rings. The van der Waals surface area contributed by atoms with Crippen molar-refractivity contribution in [3.8, 4) is 11.5 Å². The maximum Gasteiger partial charge on any atom is 0.178 e. The molecule has 0 amide bonds. The minimum absolute atomic E-state index is 0.0378. The zero-order valence-electron chi connectivity index (χ0n) is 16.4. The Balaban J connectivity index is 1.87. The van der Waals surface area contributed by atoms with Gasteiger partial charge in [-0.2, -0.15) is 0 Å². The van der Waals surface area contributed by atoms with Crippen LogP contribution in [-0.4, -0.2) is 32.7 Å². The summed E-state index contributed by atoms with van der Waals surface area (Å²) in [5.41, 5.74) is 3.68. The largest absolute Gasteiger partial charge is 0.456 e. The summed E-state index contributed by atoms with van der Waals surface area (Å²) in [5, 5.41) is 3.97. The third kappa shape index (κ3) is 4.10. The fourth-order valence-corrected chi connectivity index (χ4v) is 5.30. The van der Waals surface area contributed by atoms with Crippen LogP contribution >= 0.6 is 34.2 Å². The lowest BCUT2D eigenvalue weighted by Gasteiger charge is -2.24. The van der Waals surface area contributed by atoms with Gasteiger partial charge in [0.2, 0.25) is 0 Å². The fraction of sp³-hybridized carbons (Fsp3) is 0.182. The number of ether oxygens (including phenoxy) is 1. The summed E-state index contributed by atoms with van der Waals surface area (Å²) < 4.78 is 32.2. The fourth-order valence-electron chi connectivity index (χ4n) is 3.41. The first-order chi connectivity index (χ1) is 14.3. The van der Waals surface area contributed by atoms with Crippen molar-refractivity contribution >= 4 is 49.6 Å². The Morgan fingerprint density at radius 2 is 1.90 bits per heavy atom. The maximum absolute atomic E-state index is 12.6. The number of allylic oxidation sites excluding steroid dienone is 1. The highest BCUT2D eigenvalue weighted by atomic mass is 127. The van der Waals surface area contributed by atoms with E-state index in [2.05, 4.69) is 34.0 Å². The van der Waals surface area contributed by atoms with Gasteiger partial charge in [-0.05, 0) is 59.0 Å². The lowest BCUT2D eigenvalue weighted by atomic mass is 9.95. The van der Waals surface area contributed by atoms with E-state index in [1.807, 2.05) is 36.5 Å². The minimum atomic E-state index is -3.36. The predicted molar refractivity (Wildman–Crippen MR) is 128 cm³/mol. The van der Waals surface area contributed by atoms with Crippen molar-refractivity contribution in [3.05, 3.63) is 80.3 Å². The van der Waals surface area contributed by atoms with E-state index in [4.69, 9.17) is 16.3 Å². The van der Waals surface area contributed by atoms with Crippen LogP contribution in [0.15, 0.2) is 71.0 Å². The molecule has 0 saturated heterocycles. The topological polar surface area (TPSA) is 58.6 Å². The average Bonchev–Trinajstić information content (AvgIpc) is 3.18. The molecule has 0 radical (unpaired) electrons. The molecule has 4 rings (SSSR count). The number of nitrogens with zero attached hydrogens (tertiary/aromatic N) is 1. The van der Waals surface area contributed by atoms with Gasteiger partial charge in [0.1, 0.15) is 11.5 Å². The Labute approximate surface area is 195 Å². The average molecular weight is 555 g/mol. The highest BCUT2D eigenvalue weighted by molar-refractivity contribution is 14.1. The third-order valence-electron chi connectivity index (χ3n) is 4.94. The van der Waals surface area contributed by atoms with E-state index in [-0.39, 0.29) is 10.6 Å². The van der Waals surface area contributed by atoms with Crippen molar-refractivity contribution in [3.63, 3.8) is 0 Å². The van der Waals surface area contributed by atoms with Gasteiger partial charge < -0.3 is 15.0 Å². The van der Waals surface area contributed by atoms with E-state index >= 15 is 0 Å². The SMILES string of the molecule is CCS(=O)(=O)c1ccc(Oc2ccc(Cl)cc2I)c(C2=CN(C)C=C3NCC=C32)c1. The summed E-state index contributed by atoms with van der Waals surface area (Å²) in [6.45, 7) is 2.37. The Morgan fingerprint density at radius 1 is 1.13 bits per heavy atom. The number of rotatable bonds is 5. The van der Waals surface area contributed by atoms with Crippen LogP contribution in [-0.2, 0) is 9.84 Å². The van der Waals surface area contributed by atoms with Crippen LogP contribution in [0.4, 0.5) is 0 Å². The molecule has 0 aromatic heterocycles. The summed E-state index contributed by atoms with van der Waals surface area (Å²) in [6, 6.07) is 10.4. The monoisotopic (exact) mass is 554 g/mol. The second-order valence-electron chi connectivity index (χ2n) is 6.99. The smallest absolute Gasteiger partial charge is 0.178 e. The molecule has 5 nitrogen and oxygen atoms in total. The number of benzene rings is 2. The third-order valence-corrected chi connectivity index (χ3v) is 7.75. The number of hydrogen-bond acceptors (Lipinski definition) is 5. The van der Waals surface area contributed by atoms with Crippen LogP contribution in [0.5, 0.6) is 11.5 Å². The van der Waals surface area contributed by atoms with Gasteiger partial charge in [-0.1, -0.05) is 24.6 Å². The zero-order chi connectivity index (χ0) is 21.5. The van der Waals surface area contributed by atoms with Crippen molar-refractivity contribution in [2.75, 3.05) is 19.3 Å². The molecule has 2 heterocycles. The molecular formula is C22H20ClIN2O3S. The first-order valence-electron chi connectivity index (χ1n) is 9.39. The molecule has 2 aromatic carbocycles. The van der Waals surface area contributed by atoms with Crippen LogP contribution < -0.4 is 10.1 Å². The minimum Gasteiger partial charge on any atom is -0.456 e. The molecular weight excluding hydrogens is 535 g/mol. The molecule has 156 valence electrons. The Kier molecular flexibility index (Phi) is 5.87. The van der Waals surface area contributed by atoms with Crippen LogP contribution in [0.3, 0.4) is 0 Å². The molecule has 2 aromatic rings. The molecule has 30 heavy (non-hydrogen) atoms. The van der Waals surface area contributed by atoms with E-state index in [9.17, 15) is 8.42 Å². The van der Waals surface area contributed by atoms with Gasteiger partial charge in [0, 0.05) is 47.7 Å². The van der Waals surface area contributed by atoms with Crippen molar-refractivity contribution in [2.24, 2.45) is 0 Å². The summed E-state index contributed by atoms with van der Waals surface area (Å²) in [4.78, 5) is 2.24. The molecule has 1 N–H and O–H groups in total. The van der Waals surface area contributed by atoms with Gasteiger partial charge in [-0.15, -0.1) is 0 Å². The van der Waals surface area contributed by atoms with Crippen molar-refractivity contribution in [1.82, 2.24) is 10.2 Å². The standard InChI is InChI=1S/C22H20ClIN2O3S/c1-3-30(27,28)15-5-7-21(29-22-6-4-14(23)10-19(22)24)17(11-15)18-12-26(2)13-20-16(18)8-9-25-20/h4-8,10-13,25H,3,9H2,1-2H3. The van der Waals surface area contributed by atoms with E-state index in [0.717, 1.165) is 32.5 Å². The van der Waals surface area contributed by atoms with Gasteiger partial charge >= 0.3 is 0 Å². The first-order valence-corrected chi connectivity index (χ1v) is 12.5. The lowest BCUT2D eigenvalue weighted by molar-refractivity contribution is 0.477. The van der Waals surface area contributed by atoms with E-state index < -0.39 is 9.84 Å². The normalized spacial score (nSPS) is 15.7. The molecule has 2 aliphatic heterocycles. The van der Waals surface area contributed by atoms with Gasteiger partial charge in [0.15, 0.2) is 9.84 Å². The van der Waals surface area contributed by atoms with Crippen LogP contribution in [0.1, 0.15) is 12.5 Å². The van der Waals surface area contributed by atoms with Crippen LogP contribution in [0, 0.1) is 3.57 Å². The Hall–Kier alpha value is -1.97. The second-order valence-corrected chi connectivity index (χ2v) is 10.9. The van der Waals surface area contributed by atoms with Crippen molar-refractivity contribution in [1.29, 1.82) is 0 Å². The lowest BCUT2D eigenvalue weighted by Crippen LogP contribution is -2.17. The van der Waals surface area contributed by atoms with E-state index in [1.165, 1.54) is 0 Å². The first kappa shape index (κ1) is 21.3. The maximum atomic E-state index is 12.6. The summed E-state index contributed by atoms with van der Waals surface area (Å²) in [6.07, 6.45) is 6.10. The molecule has 8 heteroatoms. The summed E-state index contributed by atoms with van der Waals surface area (Å²) in [5.74, 6) is 1.28. The number of hydrogen-bond donors (Lipinski definition) is 1. The number of halogens is 2. The van der Waals surface area contributed by atoms with Crippen molar-refractivity contribution < 1.29 is 13.2 Å². The van der Waals surface area contributed by atoms with Crippen LogP contribution in [0.2, 0.25) is 5.02 Å². The molecule has 0 bridgehead atoms. The summed E-state index contributed by atoms with van der Waals surface area (Å²) >= 11 is 8.25. The Morgan fingerprint density at radius 3 is 2.63 bits per heavy atom. The zero-order valence-corrected chi connectivity index (χ0v) is 20.2. The second kappa shape index (κ2) is 8.28. The molecule has 0 aliphatic carbocycles. The van der Waals surface area contributed by atoms with Gasteiger partial charge in [0.25, 0.3) is 0 Å².